The molecule has 0 saturated heterocycles. The average molecular weight is 240 g/mol. The summed E-state index contributed by atoms with van der Waals surface area (Å²) in [5.74, 6) is -1.09. The predicted octanol–water partition coefficient (Wildman–Crippen LogP) is 1.72. The number of ether oxygens (including phenoxy) is 1. The number of aromatic nitrogens is 1. The summed E-state index contributed by atoms with van der Waals surface area (Å²) < 4.78 is 18.4. The molecule has 1 heterocycles. The summed E-state index contributed by atoms with van der Waals surface area (Å²) >= 11 is 0. The van der Waals surface area contributed by atoms with Crippen molar-refractivity contribution in [3.8, 4) is 0 Å². The van der Waals surface area contributed by atoms with Crippen LogP contribution in [-0.4, -0.2) is 42.1 Å². The molecule has 0 fully saturated rings. The first-order valence-electron chi connectivity index (χ1n) is 5.52. The maximum Gasteiger partial charge on any atom is 0.258 e. The maximum atomic E-state index is 13.4. The van der Waals surface area contributed by atoms with E-state index in [0.717, 1.165) is 0 Å². The topological polar surface area (TPSA) is 42.4 Å². The summed E-state index contributed by atoms with van der Waals surface area (Å²) in [6.07, 6.45) is 1.32. The van der Waals surface area contributed by atoms with Gasteiger partial charge in [-0.3, -0.25) is 4.79 Å². The fourth-order valence-electron chi connectivity index (χ4n) is 1.69. The van der Waals surface area contributed by atoms with Crippen LogP contribution in [0, 0.1) is 5.95 Å². The van der Waals surface area contributed by atoms with E-state index < -0.39 is 5.95 Å². The number of hydrogen-bond donors (Lipinski definition) is 0. The lowest BCUT2D eigenvalue weighted by Gasteiger charge is -2.27. The van der Waals surface area contributed by atoms with Crippen LogP contribution in [0.3, 0.4) is 0 Å². The molecule has 0 spiro atoms. The molecule has 0 aromatic carbocycles. The van der Waals surface area contributed by atoms with Crippen LogP contribution in [0.15, 0.2) is 18.3 Å². The molecule has 0 aliphatic rings. The van der Waals surface area contributed by atoms with E-state index in [1.165, 1.54) is 12.3 Å². The molecule has 17 heavy (non-hydrogen) atoms. The molecule has 1 atom stereocenters. The fraction of sp³-hybridized carbons (Fsp3) is 0.500. The van der Waals surface area contributed by atoms with Crippen LogP contribution in [0.2, 0.25) is 0 Å². The van der Waals surface area contributed by atoms with Crippen molar-refractivity contribution < 1.29 is 13.9 Å². The molecule has 94 valence electrons. The lowest BCUT2D eigenvalue weighted by Crippen LogP contribution is -2.41. The number of halogens is 1. The van der Waals surface area contributed by atoms with Gasteiger partial charge in [0, 0.05) is 19.9 Å². The fourth-order valence-corrected chi connectivity index (χ4v) is 1.69. The third kappa shape index (κ3) is 3.23. The van der Waals surface area contributed by atoms with Crippen LogP contribution < -0.4 is 0 Å². The van der Waals surface area contributed by atoms with Gasteiger partial charge in [-0.2, -0.15) is 4.39 Å². The molecule has 0 N–H and O–H groups in total. The number of methoxy groups -OCH3 is 1. The van der Waals surface area contributed by atoms with Gasteiger partial charge in [-0.1, -0.05) is 0 Å². The van der Waals surface area contributed by atoms with E-state index >= 15 is 0 Å². The normalized spacial score (nSPS) is 12.2. The van der Waals surface area contributed by atoms with Crippen molar-refractivity contribution in [2.75, 3.05) is 20.3 Å². The summed E-state index contributed by atoms with van der Waals surface area (Å²) in [5.41, 5.74) is -0.00250. The highest BCUT2D eigenvalue weighted by Crippen LogP contribution is 2.10. The number of carbonyl (C=O) groups excluding carboxylic acids is 1. The average Bonchev–Trinajstić information content (AvgIpc) is 2.30. The predicted molar refractivity (Wildman–Crippen MR) is 62.2 cm³/mol. The van der Waals surface area contributed by atoms with E-state index in [0.29, 0.717) is 13.2 Å². The highest BCUT2D eigenvalue weighted by atomic mass is 19.1. The molecule has 0 bridgehead atoms. The highest BCUT2D eigenvalue weighted by Gasteiger charge is 2.22. The largest absolute Gasteiger partial charge is 0.383 e. The molecule has 1 aromatic heterocycles. The second-order valence-electron chi connectivity index (χ2n) is 3.74. The lowest BCUT2D eigenvalue weighted by molar-refractivity contribution is 0.0574. The van der Waals surface area contributed by atoms with Crippen molar-refractivity contribution in [2.45, 2.75) is 19.9 Å². The van der Waals surface area contributed by atoms with Gasteiger partial charge in [0.15, 0.2) is 0 Å². The van der Waals surface area contributed by atoms with Crippen LogP contribution in [-0.2, 0) is 4.74 Å². The van der Waals surface area contributed by atoms with E-state index in [-0.39, 0.29) is 17.5 Å². The van der Waals surface area contributed by atoms with Gasteiger partial charge in [-0.15, -0.1) is 0 Å². The quantitative estimate of drug-likeness (QED) is 0.736. The van der Waals surface area contributed by atoms with Crippen LogP contribution in [0.5, 0.6) is 0 Å². The van der Waals surface area contributed by atoms with Crippen molar-refractivity contribution in [3.63, 3.8) is 0 Å². The molecule has 5 heteroatoms. The van der Waals surface area contributed by atoms with E-state index in [4.69, 9.17) is 4.74 Å². The summed E-state index contributed by atoms with van der Waals surface area (Å²) in [6.45, 7) is 4.62. The summed E-state index contributed by atoms with van der Waals surface area (Å²) in [6, 6.07) is 2.88. The molecular weight excluding hydrogens is 223 g/mol. The van der Waals surface area contributed by atoms with Gasteiger partial charge in [0.1, 0.15) is 0 Å². The maximum absolute atomic E-state index is 13.4. The Morgan fingerprint density at radius 3 is 2.88 bits per heavy atom. The highest BCUT2D eigenvalue weighted by molar-refractivity contribution is 5.94. The van der Waals surface area contributed by atoms with Gasteiger partial charge in [0.25, 0.3) is 5.91 Å². The molecule has 0 aliphatic carbocycles. The van der Waals surface area contributed by atoms with Gasteiger partial charge in [0.05, 0.1) is 18.2 Å². The second-order valence-corrected chi connectivity index (χ2v) is 3.74. The van der Waals surface area contributed by atoms with E-state index in [2.05, 4.69) is 4.98 Å². The van der Waals surface area contributed by atoms with Gasteiger partial charge < -0.3 is 9.64 Å². The van der Waals surface area contributed by atoms with E-state index in [1.54, 1.807) is 18.1 Å². The van der Waals surface area contributed by atoms with Gasteiger partial charge in [-0.25, -0.2) is 4.98 Å². The Labute approximate surface area is 100 Å². The molecular formula is C12H17FN2O2. The van der Waals surface area contributed by atoms with Gasteiger partial charge in [-0.05, 0) is 26.0 Å². The zero-order valence-corrected chi connectivity index (χ0v) is 10.3. The van der Waals surface area contributed by atoms with E-state index in [1.807, 2.05) is 13.8 Å². The summed E-state index contributed by atoms with van der Waals surface area (Å²) in [4.78, 5) is 17.1. The van der Waals surface area contributed by atoms with Crippen molar-refractivity contribution in [1.82, 2.24) is 9.88 Å². The van der Waals surface area contributed by atoms with Crippen LogP contribution in [0.25, 0.3) is 0 Å². The zero-order valence-electron chi connectivity index (χ0n) is 10.3. The van der Waals surface area contributed by atoms with Crippen molar-refractivity contribution in [3.05, 3.63) is 29.8 Å². The molecule has 0 radical (unpaired) electrons. The monoisotopic (exact) mass is 240 g/mol. The molecule has 0 aliphatic heterocycles. The molecule has 1 unspecified atom stereocenters. The number of hydrogen-bond acceptors (Lipinski definition) is 3. The van der Waals surface area contributed by atoms with Crippen molar-refractivity contribution in [1.29, 1.82) is 0 Å². The first-order chi connectivity index (χ1) is 8.11. The van der Waals surface area contributed by atoms with Crippen LogP contribution in [0.4, 0.5) is 4.39 Å². The number of nitrogens with zero attached hydrogens (tertiary/aromatic N) is 2. The minimum Gasteiger partial charge on any atom is -0.383 e. The second kappa shape index (κ2) is 6.30. The lowest BCUT2D eigenvalue weighted by atomic mass is 10.2. The summed E-state index contributed by atoms with van der Waals surface area (Å²) in [5, 5.41) is 0. The number of pyridine rings is 1. The molecule has 0 saturated carbocycles. The van der Waals surface area contributed by atoms with Gasteiger partial charge >= 0.3 is 0 Å². The van der Waals surface area contributed by atoms with Crippen molar-refractivity contribution >= 4 is 5.91 Å². The van der Waals surface area contributed by atoms with Crippen molar-refractivity contribution in [2.24, 2.45) is 0 Å². The van der Waals surface area contributed by atoms with Crippen LogP contribution >= 0.6 is 0 Å². The Kier molecular flexibility index (Phi) is 5.03. The number of carbonyl (C=O) groups is 1. The first kappa shape index (κ1) is 13.6. The minimum absolute atomic E-state index is 0.00250. The Hall–Kier alpha value is -1.49. The first-order valence-corrected chi connectivity index (χ1v) is 5.52. The number of amides is 1. The van der Waals surface area contributed by atoms with Gasteiger partial charge in [0.2, 0.25) is 5.95 Å². The zero-order chi connectivity index (χ0) is 12.8. The third-order valence-electron chi connectivity index (χ3n) is 2.53. The SMILES string of the molecule is CCN(C(=O)c1cccnc1F)C(C)COC. The number of likely N-dealkylation sites (N-methyl/N-ethyl adjacent to an activating group) is 1. The Morgan fingerprint density at radius 1 is 1.65 bits per heavy atom. The molecule has 1 aromatic rings. The van der Waals surface area contributed by atoms with Crippen LogP contribution in [0.1, 0.15) is 24.2 Å². The third-order valence-corrected chi connectivity index (χ3v) is 2.53. The Balaban J connectivity index is 2.90. The smallest absolute Gasteiger partial charge is 0.258 e. The molecule has 4 nitrogen and oxygen atoms in total. The minimum atomic E-state index is -0.736. The molecule has 1 amide bonds. The molecule has 1 rings (SSSR count). The summed E-state index contributed by atoms with van der Waals surface area (Å²) in [7, 11) is 1.57. The Morgan fingerprint density at radius 2 is 2.35 bits per heavy atom. The Bertz CT molecular complexity index is 385. The standard InChI is InChI=1S/C12H17FN2O2/c1-4-15(9(2)8-17-3)12(16)10-6-5-7-14-11(10)13/h5-7,9H,4,8H2,1-3H3. The van der Waals surface area contributed by atoms with E-state index in [9.17, 15) is 9.18 Å². The number of rotatable bonds is 5.